The summed E-state index contributed by atoms with van der Waals surface area (Å²) >= 11 is 0. The van der Waals surface area contributed by atoms with E-state index < -0.39 is 60.5 Å². The number of nitrogens with zero attached hydrogens (tertiary/aromatic N) is 1. The predicted molar refractivity (Wildman–Crippen MR) is 47.6 cm³/mol. The van der Waals surface area contributed by atoms with Gasteiger partial charge in [0.2, 0.25) is 5.83 Å². The highest BCUT2D eigenvalue weighted by atomic mass is 19.4. The van der Waals surface area contributed by atoms with Crippen LogP contribution in [-0.2, 0) is 4.74 Å². The zero-order valence-electron chi connectivity index (χ0n) is 10.1. The molecule has 0 bridgehead atoms. The van der Waals surface area contributed by atoms with Gasteiger partial charge in [-0.15, -0.1) is 0 Å². The predicted octanol–water partition coefficient (Wildman–Crippen LogP) is 3.85. The largest absolute Gasteiger partial charge is 0.415 e. The Hall–Kier alpha value is -1.11. The highest BCUT2D eigenvalue weighted by Crippen LogP contribution is 2.40. The number of morpholine rings is 1. The Kier molecular flexibility index (Phi) is 5.02. The number of hydrogen-bond donors (Lipinski definition) is 0. The fraction of sp³-hybridized carbons (Fsp3) is 0.778. The van der Waals surface area contributed by atoms with Crippen LogP contribution in [0.25, 0.3) is 0 Å². The van der Waals surface area contributed by atoms with Crippen molar-refractivity contribution in [3.63, 3.8) is 0 Å². The summed E-state index contributed by atoms with van der Waals surface area (Å²) in [6.07, 6.45) is -21.2. The second-order valence-electron chi connectivity index (χ2n) is 4.22. The third kappa shape index (κ3) is 4.00. The lowest BCUT2D eigenvalue weighted by Gasteiger charge is -2.41. The van der Waals surface area contributed by atoms with Gasteiger partial charge in [-0.2, -0.15) is 48.3 Å². The molecule has 0 amide bonds. The lowest BCUT2D eigenvalue weighted by Crippen LogP contribution is -2.61. The topological polar surface area (TPSA) is 12.5 Å². The summed E-state index contributed by atoms with van der Waals surface area (Å²) in [4.78, 5) is -0.985. The minimum atomic E-state index is -5.48. The Labute approximate surface area is 115 Å². The summed E-state index contributed by atoms with van der Waals surface area (Å²) in [5, 5.41) is 0. The zero-order valence-corrected chi connectivity index (χ0v) is 10.1. The van der Waals surface area contributed by atoms with E-state index in [-0.39, 0.29) is 0 Å². The van der Waals surface area contributed by atoms with Crippen molar-refractivity contribution in [3.8, 4) is 0 Å². The Balaban J connectivity index is 3.16. The Morgan fingerprint density at radius 3 is 1.41 bits per heavy atom. The molecule has 0 aromatic rings. The molecule has 0 N–H and O–H groups in total. The van der Waals surface area contributed by atoms with E-state index in [0.29, 0.717) is 0 Å². The maximum atomic E-state index is 13.3. The third-order valence-electron chi connectivity index (χ3n) is 2.66. The maximum absolute atomic E-state index is 13.3. The van der Waals surface area contributed by atoms with Crippen LogP contribution < -0.4 is 0 Å². The SMILES string of the molecule is FC(F)=C(F)C(F)(F)N1CC(C(F)(F)F)OC(C(F)(F)F)C1. The fourth-order valence-corrected chi connectivity index (χ4v) is 1.60. The molecule has 0 aromatic heterocycles. The van der Waals surface area contributed by atoms with Gasteiger partial charge < -0.3 is 4.74 Å². The number of alkyl halides is 8. The van der Waals surface area contributed by atoms with Gasteiger partial charge in [0.15, 0.2) is 12.2 Å². The molecule has 0 aromatic carbocycles. The molecule has 0 saturated carbocycles. The summed E-state index contributed by atoms with van der Waals surface area (Å²) in [6.45, 7) is -3.88. The van der Waals surface area contributed by atoms with Crippen LogP contribution in [0, 0.1) is 0 Å². The molecule has 2 unspecified atom stereocenters. The number of ether oxygens (including phenoxy) is 1. The molecule has 1 aliphatic rings. The van der Waals surface area contributed by atoms with Crippen LogP contribution in [0.15, 0.2) is 11.9 Å². The van der Waals surface area contributed by atoms with Crippen molar-refractivity contribution in [2.45, 2.75) is 30.6 Å². The average Bonchev–Trinajstić information content (AvgIpc) is 2.35. The molecule has 1 rings (SSSR count). The first-order chi connectivity index (χ1) is 9.67. The highest BCUT2D eigenvalue weighted by Gasteiger charge is 2.58. The maximum Gasteiger partial charge on any atom is 0.415 e. The van der Waals surface area contributed by atoms with Crippen molar-refractivity contribution in [3.05, 3.63) is 11.9 Å². The van der Waals surface area contributed by atoms with Gasteiger partial charge in [0.05, 0.1) is 0 Å². The van der Waals surface area contributed by atoms with E-state index in [2.05, 4.69) is 4.74 Å². The fourth-order valence-electron chi connectivity index (χ4n) is 1.60. The molecule has 0 aliphatic carbocycles. The van der Waals surface area contributed by atoms with E-state index in [0.717, 1.165) is 0 Å². The first-order valence-electron chi connectivity index (χ1n) is 5.30. The second-order valence-corrected chi connectivity index (χ2v) is 4.22. The monoisotopic (exact) mass is 353 g/mol. The van der Waals surface area contributed by atoms with E-state index in [1.54, 1.807) is 0 Å². The van der Waals surface area contributed by atoms with Crippen LogP contribution in [0.3, 0.4) is 0 Å². The van der Waals surface area contributed by atoms with Gasteiger partial charge in [-0.25, -0.2) is 4.90 Å². The van der Waals surface area contributed by atoms with Crippen molar-refractivity contribution in [1.29, 1.82) is 0 Å². The number of rotatable bonds is 2. The smallest absolute Gasteiger partial charge is 0.353 e. The molecule has 2 nitrogen and oxygen atoms in total. The summed E-state index contributed by atoms with van der Waals surface area (Å²) in [5.74, 6) is -3.42. The average molecular weight is 353 g/mol. The molecule has 13 heteroatoms. The van der Waals surface area contributed by atoms with Crippen molar-refractivity contribution in [2.24, 2.45) is 0 Å². The van der Waals surface area contributed by atoms with Gasteiger partial charge in [0.25, 0.3) is 0 Å². The van der Waals surface area contributed by atoms with Gasteiger partial charge in [0, 0.05) is 13.1 Å². The quantitative estimate of drug-likeness (QED) is 0.552. The van der Waals surface area contributed by atoms with Crippen LogP contribution in [0.2, 0.25) is 0 Å². The van der Waals surface area contributed by atoms with E-state index in [1.165, 1.54) is 0 Å². The van der Waals surface area contributed by atoms with Crippen LogP contribution in [0.1, 0.15) is 0 Å². The molecule has 1 heterocycles. The van der Waals surface area contributed by atoms with Crippen molar-refractivity contribution < 1.29 is 53.0 Å². The normalized spacial score (nSPS) is 25.2. The number of hydrogen-bond acceptors (Lipinski definition) is 2. The van der Waals surface area contributed by atoms with Crippen LogP contribution in [-0.4, -0.2) is 48.6 Å². The zero-order chi connectivity index (χ0) is 17.5. The summed E-state index contributed by atoms with van der Waals surface area (Å²) in [5.41, 5.74) is 0. The Bertz CT molecular complexity index is 414. The third-order valence-corrected chi connectivity index (χ3v) is 2.66. The first kappa shape index (κ1) is 18.9. The lowest BCUT2D eigenvalue weighted by molar-refractivity contribution is -0.324. The molecule has 0 spiro atoms. The molecule has 130 valence electrons. The van der Waals surface area contributed by atoms with Gasteiger partial charge in [-0.3, -0.25) is 0 Å². The van der Waals surface area contributed by atoms with Crippen molar-refractivity contribution in [2.75, 3.05) is 13.1 Å². The van der Waals surface area contributed by atoms with Gasteiger partial charge >= 0.3 is 24.5 Å². The van der Waals surface area contributed by atoms with Gasteiger partial charge in [0.1, 0.15) is 0 Å². The molecule has 2 atom stereocenters. The molecule has 0 radical (unpaired) electrons. The van der Waals surface area contributed by atoms with E-state index in [9.17, 15) is 48.3 Å². The van der Waals surface area contributed by atoms with Crippen molar-refractivity contribution >= 4 is 0 Å². The molecule has 1 aliphatic heterocycles. The molecule has 1 fully saturated rings. The Morgan fingerprint density at radius 1 is 0.773 bits per heavy atom. The van der Waals surface area contributed by atoms with Gasteiger partial charge in [-0.1, -0.05) is 0 Å². The molecular weight excluding hydrogens is 347 g/mol. The summed E-state index contributed by atoms with van der Waals surface area (Å²) < 4.78 is 141. The van der Waals surface area contributed by atoms with Gasteiger partial charge in [-0.05, 0) is 0 Å². The van der Waals surface area contributed by atoms with E-state index in [4.69, 9.17) is 0 Å². The van der Waals surface area contributed by atoms with E-state index in [1.807, 2.05) is 0 Å². The molecule has 22 heavy (non-hydrogen) atoms. The van der Waals surface area contributed by atoms with Crippen LogP contribution >= 0.6 is 0 Å². The van der Waals surface area contributed by atoms with Crippen molar-refractivity contribution in [1.82, 2.24) is 4.90 Å². The second kappa shape index (κ2) is 5.83. The van der Waals surface area contributed by atoms with E-state index >= 15 is 0 Å². The summed E-state index contributed by atoms with van der Waals surface area (Å²) in [7, 11) is 0. The number of halogens is 11. The van der Waals surface area contributed by atoms with Crippen LogP contribution in [0.5, 0.6) is 0 Å². The minimum Gasteiger partial charge on any atom is -0.353 e. The summed E-state index contributed by atoms with van der Waals surface area (Å²) in [6, 6.07) is -5.34. The highest BCUT2D eigenvalue weighted by molar-refractivity contribution is 5.06. The Morgan fingerprint density at radius 2 is 1.14 bits per heavy atom. The standard InChI is InChI=1S/C9H6F11NO/c10-5(6(11)12)9(19,20)21-1-3(7(13,14)15)22-4(2-21)8(16,17)18/h3-4H,1-2H2. The lowest BCUT2D eigenvalue weighted by atomic mass is 10.1. The van der Waals surface area contributed by atoms with Crippen LogP contribution in [0.4, 0.5) is 48.3 Å². The molecule has 1 saturated heterocycles. The molecular formula is C9H6F11NO. The minimum absolute atomic E-state index is 0.985. The first-order valence-corrected chi connectivity index (χ1v) is 5.30.